The molecule has 0 aliphatic carbocycles. The molecule has 0 aromatic heterocycles. The average molecular weight is 161 g/mol. The van der Waals surface area contributed by atoms with Crippen molar-refractivity contribution >= 4 is 11.9 Å². The van der Waals surface area contributed by atoms with Crippen molar-refractivity contribution in [1.29, 1.82) is 0 Å². The van der Waals surface area contributed by atoms with Gasteiger partial charge in [-0.1, -0.05) is 0 Å². The summed E-state index contributed by atoms with van der Waals surface area (Å²) in [6.45, 7) is 1.31. The summed E-state index contributed by atoms with van der Waals surface area (Å²) in [6.07, 6.45) is 0. The van der Waals surface area contributed by atoms with Gasteiger partial charge in [-0.05, 0) is 6.92 Å². The molecule has 1 unspecified atom stereocenters. The van der Waals surface area contributed by atoms with Gasteiger partial charge >= 0.3 is 5.97 Å². The molecule has 11 heavy (non-hydrogen) atoms. The average Bonchev–Trinajstić information content (AvgIpc) is 2.00. The van der Waals surface area contributed by atoms with Crippen LogP contribution in [0.5, 0.6) is 0 Å². The Kier molecular flexibility index (Phi) is 3.53. The molecule has 0 bridgehead atoms. The quantitative estimate of drug-likeness (QED) is 0.457. The van der Waals surface area contributed by atoms with Crippen molar-refractivity contribution in [2.24, 2.45) is 5.92 Å². The molecule has 5 heteroatoms. The predicted octanol–water partition coefficient (Wildman–Crippen LogP) is -0.273. The Morgan fingerprint density at radius 2 is 2.00 bits per heavy atom. The van der Waals surface area contributed by atoms with E-state index in [9.17, 15) is 9.59 Å². The zero-order chi connectivity index (χ0) is 9.02. The van der Waals surface area contributed by atoms with Crippen LogP contribution in [0.25, 0.3) is 0 Å². The lowest BCUT2D eigenvalue weighted by molar-refractivity contribution is -0.176. The van der Waals surface area contributed by atoms with Gasteiger partial charge < -0.3 is 5.11 Å². The van der Waals surface area contributed by atoms with Crippen LogP contribution in [0.4, 0.5) is 0 Å². The number of hydrogen-bond acceptors (Lipinski definition) is 3. The lowest BCUT2D eigenvalue weighted by atomic mass is 10.2. The minimum Gasteiger partial charge on any atom is -0.481 e. The fraction of sp³-hybridized carbons (Fsp3) is 0.667. The maximum absolute atomic E-state index is 10.9. The van der Waals surface area contributed by atoms with Crippen LogP contribution in [0.1, 0.15) is 6.92 Å². The molecule has 0 aromatic rings. The van der Waals surface area contributed by atoms with Gasteiger partial charge in [0.05, 0.1) is 7.11 Å². The summed E-state index contributed by atoms with van der Waals surface area (Å²) in [4.78, 5) is 25.7. The lowest BCUT2D eigenvalue weighted by Gasteiger charge is -2.15. The van der Waals surface area contributed by atoms with Gasteiger partial charge in [-0.2, -0.15) is 0 Å². The smallest absolute Gasteiger partial charge is 0.315 e. The number of carbonyl (C=O) groups excluding carboxylic acids is 1. The molecule has 0 radical (unpaired) electrons. The first-order chi connectivity index (χ1) is 5.00. The Balaban J connectivity index is 4.13. The van der Waals surface area contributed by atoms with Gasteiger partial charge in [0.15, 0.2) is 0 Å². The second kappa shape index (κ2) is 3.92. The molecule has 1 N–H and O–H groups in total. The minimum absolute atomic E-state index is 0.569. The standard InChI is InChI=1S/C6H11NO4/c1-4(6(9)10)5(8)7(2)11-3/h4H,1-3H3,(H,9,10). The Hall–Kier alpha value is -1.10. The lowest BCUT2D eigenvalue weighted by Crippen LogP contribution is -2.34. The van der Waals surface area contributed by atoms with Gasteiger partial charge in [0.25, 0.3) is 5.91 Å². The van der Waals surface area contributed by atoms with Crippen molar-refractivity contribution in [3.63, 3.8) is 0 Å². The highest BCUT2D eigenvalue weighted by atomic mass is 16.7. The Bertz CT molecular complexity index is 168. The number of carboxylic acids is 1. The van der Waals surface area contributed by atoms with Crippen LogP contribution in [0.3, 0.4) is 0 Å². The molecule has 0 aromatic carbocycles. The molecule has 0 spiro atoms. The Labute approximate surface area is 64.5 Å². The van der Waals surface area contributed by atoms with Crippen LogP contribution >= 0.6 is 0 Å². The molecule has 0 fully saturated rings. The number of amides is 1. The number of nitrogens with zero attached hydrogens (tertiary/aromatic N) is 1. The number of hydroxylamine groups is 2. The van der Waals surface area contributed by atoms with Crippen LogP contribution in [-0.2, 0) is 14.4 Å². The summed E-state index contributed by atoms with van der Waals surface area (Å²) in [5.41, 5.74) is 0. The summed E-state index contributed by atoms with van der Waals surface area (Å²) >= 11 is 0. The van der Waals surface area contributed by atoms with Gasteiger partial charge in [-0.25, -0.2) is 5.06 Å². The molecule has 1 amide bonds. The van der Waals surface area contributed by atoms with Crippen LogP contribution in [0.2, 0.25) is 0 Å². The van der Waals surface area contributed by atoms with E-state index in [1.54, 1.807) is 0 Å². The molecule has 64 valence electrons. The van der Waals surface area contributed by atoms with Crippen LogP contribution < -0.4 is 0 Å². The molecule has 0 rings (SSSR count). The highest BCUT2D eigenvalue weighted by Gasteiger charge is 2.23. The van der Waals surface area contributed by atoms with Crippen molar-refractivity contribution in [2.45, 2.75) is 6.92 Å². The Morgan fingerprint density at radius 3 is 2.27 bits per heavy atom. The topological polar surface area (TPSA) is 66.8 Å². The maximum atomic E-state index is 10.9. The monoisotopic (exact) mass is 161 g/mol. The zero-order valence-electron chi connectivity index (χ0n) is 6.70. The highest BCUT2D eigenvalue weighted by molar-refractivity contribution is 5.95. The molecule has 5 nitrogen and oxygen atoms in total. The summed E-state index contributed by atoms with van der Waals surface area (Å²) in [6, 6.07) is 0. The maximum Gasteiger partial charge on any atom is 0.315 e. The van der Waals surface area contributed by atoms with Crippen molar-refractivity contribution in [1.82, 2.24) is 5.06 Å². The number of rotatable bonds is 3. The first kappa shape index (κ1) is 9.90. The van der Waals surface area contributed by atoms with Gasteiger partial charge in [0.2, 0.25) is 0 Å². The highest BCUT2D eigenvalue weighted by Crippen LogP contribution is 1.99. The van der Waals surface area contributed by atoms with E-state index in [1.807, 2.05) is 0 Å². The van der Waals surface area contributed by atoms with E-state index >= 15 is 0 Å². The molecule has 0 saturated heterocycles. The van der Waals surface area contributed by atoms with E-state index in [1.165, 1.54) is 21.1 Å². The number of carboxylic acid groups (broad SMARTS) is 1. The van der Waals surface area contributed by atoms with Crippen molar-refractivity contribution < 1.29 is 19.5 Å². The summed E-state index contributed by atoms with van der Waals surface area (Å²) in [7, 11) is 2.66. The molecular weight excluding hydrogens is 150 g/mol. The molecular formula is C6H11NO4. The van der Waals surface area contributed by atoms with Crippen LogP contribution in [0.15, 0.2) is 0 Å². The zero-order valence-corrected chi connectivity index (χ0v) is 6.70. The summed E-state index contributed by atoms with van der Waals surface area (Å²) in [5, 5.41) is 9.28. The largest absolute Gasteiger partial charge is 0.481 e. The second-order valence-electron chi connectivity index (χ2n) is 2.08. The van der Waals surface area contributed by atoms with E-state index < -0.39 is 17.8 Å². The number of aliphatic carboxylic acids is 1. The van der Waals surface area contributed by atoms with Gasteiger partial charge in [-0.15, -0.1) is 0 Å². The van der Waals surface area contributed by atoms with E-state index in [2.05, 4.69) is 4.84 Å². The van der Waals surface area contributed by atoms with Crippen LogP contribution in [-0.4, -0.2) is 36.2 Å². The summed E-state index contributed by atoms with van der Waals surface area (Å²) < 4.78 is 0. The van der Waals surface area contributed by atoms with Gasteiger partial charge in [-0.3, -0.25) is 14.4 Å². The molecule has 0 aliphatic heterocycles. The molecule has 0 aliphatic rings. The minimum atomic E-state index is -1.15. The molecule has 0 saturated carbocycles. The molecule has 0 heterocycles. The summed E-state index contributed by atoms with van der Waals surface area (Å²) in [5.74, 6) is -2.78. The third kappa shape index (κ3) is 2.55. The third-order valence-corrected chi connectivity index (χ3v) is 1.33. The normalized spacial score (nSPS) is 12.3. The third-order valence-electron chi connectivity index (χ3n) is 1.33. The van der Waals surface area contributed by atoms with E-state index in [4.69, 9.17) is 5.11 Å². The first-order valence-corrected chi connectivity index (χ1v) is 3.05. The number of hydrogen-bond donors (Lipinski definition) is 1. The predicted molar refractivity (Wildman–Crippen MR) is 36.6 cm³/mol. The SMILES string of the molecule is CON(C)C(=O)C(C)C(=O)O. The first-order valence-electron chi connectivity index (χ1n) is 3.05. The van der Waals surface area contributed by atoms with Crippen LogP contribution in [0, 0.1) is 5.92 Å². The van der Waals surface area contributed by atoms with Crippen molar-refractivity contribution in [3.8, 4) is 0 Å². The Morgan fingerprint density at radius 1 is 1.55 bits per heavy atom. The van der Waals surface area contributed by atoms with E-state index in [0.29, 0.717) is 0 Å². The molecule has 1 atom stereocenters. The number of carbonyl (C=O) groups is 2. The fourth-order valence-electron chi connectivity index (χ4n) is 0.468. The van der Waals surface area contributed by atoms with E-state index in [0.717, 1.165) is 5.06 Å². The fourth-order valence-corrected chi connectivity index (χ4v) is 0.468. The van der Waals surface area contributed by atoms with Gasteiger partial charge in [0.1, 0.15) is 5.92 Å². The van der Waals surface area contributed by atoms with E-state index in [-0.39, 0.29) is 0 Å². The second-order valence-corrected chi connectivity index (χ2v) is 2.08. The van der Waals surface area contributed by atoms with Gasteiger partial charge in [0, 0.05) is 7.05 Å². The van der Waals surface area contributed by atoms with Crippen molar-refractivity contribution in [3.05, 3.63) is 0 Å². The van der Waals surface area contributed by atoms with Crippen molar-refractivity contribution in [2.75, 3.05) is 14.2 Å².